The van der Waals surface area contributed by atoms with Gasteiger partial charge in [-0.1, -0.05) is 6.92 Å². The molecule has 0 aromatic carbocycles. The molecule has 0 fully saturated rings. The predicted octanol–water partition coefficient (Wildman–Crippen LogP) is 1.25. The van der Waals surface area contributed by atoms with Gasteiger partial charge < -0.3 is 10.1 Å². The number of methoxy groups -OCH3 is 1. The molecule has 6 nitrogen and oxygen atoms in total. The van der Waals surface area contributed by atoms with E-state index in [9.17, 15) is 9.59 Å². The molecule has 6 heteroatoms. The van der Waals surface area contributed by atoms with Crippen LogP contribution in [0.4, 0.5) is 4.79 Å². The number of amides is 3. The summed E-state index contributed by atoms with van der Waals surface area (Å²) < 4.78 is 5.02. The van der Waals surface area contributed by atoms with Crippen molar-refractivity contribution in [3.63, 3.8) is 0 Å². The van der Waals surface area contributed by atoms with Crippen LogP contribution in [0, 0.1) is 0 Å². The van der Waals surface area contributed by atoms with E-state index in [0.29, 0.717) is 12.0 Å². The van der Waals surface area contributed by atoms with Crippen LogP contribution < -0.4 is 5.32 Å². The maximum Gasteiger partial charge on any atom is 0.326 e. The molecule has 1 aromatic heterocycles. The first-order valence-corrected chi connectivity index (χ1v) is 5.61. The zero-order chi connectivity index (χ0) is 13.5. The van der Waals surface area contributed by atoms with Crippen molar-refractivity contribution in [2.45, 2.75) is 19.6 Å². The highest BCUT2D eigenvalue weighted by atomic mass is 16.5. The molecular weight excluding hydrogens is 234 g/mol. The first kappa shape index (κ1) is 14.1. The van der Waals surface area contributed by atoms with Crippen LogP contribution >= 0.6 is 0 Å². The molecule has 98 valence electrons. The van der Waals surface area contributed by atoms with Crippen LogP contribution in [0.15, 0.2) is 24.5 Å². The topological polar surface area (TPSA) is 71.5 Å². The molecule has 18 heavy (non-hydrogen) atoms. The molecule has 1 aromatic rings. The molecule has 0 saturated carbocycles. The van der Waals surface area contributed by atoms with E-state index in [-0.39, 0.29) is 0 Å². The van der Waals surface area contributed by atoms with E-state index in [1.165, 1.54) is 20.4 Å². The van der Waals surface area contributed by atoms with Gasteiger partial charge in [-0.05, 0) is 18.6 Å². The van der Waals surface area contributed by atoms with E-state index in [4.69, 9.17) is 4.74 Å². The number of ether oxygens (including phenoxy) is 1. The fraction of sp³-hybridized carbons (Fsp3) is 0.417. The van der Waals surface area contributed by atoms with Crippen LogP contribution in [0.3, 0.4) is 0 Å². The normalized spacial score (nSPS) is 11.7. The third kappa shape index (κ3) is 3.53. The van der Waals surface area contributed by atoms with Crippen molar-refractivity contribution >= 4 is 11.9 Å². The van der Waals surface area contributed by atoms with Gasteiger partial charge in [0.15, 0.2) is 0 Å². The van der Waals surface area contributed by atoms with Gasteiger partial charge in [0.05, 0.1) is 5.56 Å². The highest BCUT2D eigenvalue weighted by molar-refractivity contribution is 6.03. The van der Waals surface area contributed by atoms with Crippen molar-refractivity contribution in [3.05, 3.63) is 30.1 Å². The summed E-state index contributed by atoms with van der Waals surface area (Å²) in [7, 11) is 2.91. The van der Waals surface area contributed by atoms with Gasteiger partial charge in [-0.15, -0.1) is 0 Å². The minimum atomic E-state index is -0.502. The molecule has 0 aliphatic heterocycles. The molecule has 0 aliphatic carbocycles. The van der Waals surface area contributed by atoms with Crippen LogP contribution in [-0.2, 0) is 4.74 Å². The molecular formula is C12H17N3O3. The first-order chi connectivity index (χ1) is 8.60. The summed E-state index contributed by atoms with van der Waals surface area (Å²) in [5, 5.41) is 2.59. The molecule has 1 unspecified atom stereocenters. The Hall–Kier alpha value is -1.95. The standard InChI is InChI=1S/C12H17N3O3/c1-4-10(18-3)14-12(17)15(2)11(16)9-6-5-7-13-8-9/h5-8,10H,4H2,1-3H3,(H,14,17). The molecule has 1 rings (SSSR count). The molecule has 1 heterocycles. The molecule has 0 aliphatic rings. The quantitative estimate of drug-likeness (QED) is 0.817. The van der Waals surface area contributed by atoms with Crippen molar-refractivity contribution in [1.29, 1.82) is 0 Å². The maximum absolute atomic E-state index is 11.9. The molecule has 1 N–H and O–H groups in total. The first-order valence-electron chi connectivity index (χ1n) is 5.61. The summed E-state index contributed by atoms with van der Waals surface area (Å²) in [5.41, 5.74) is 0.362. The summed E-state index contributed by atoms with van der Waals surface area (Å²) in [6, 6.07) is 2.74. The monoisotopic (exact) mass is 251 g/mol. The highest BCUT2D eigenvalue weighted by Crippen LogP contribution is 2.02. The zero-order valence-corrected chi connectivity index (χ0v) is 10.7. The van der Waals surface area contributed by atoms with E-state index < -0.39 is 18.2 Å². The van der Waals surface area contributed by atoms with Crippen molar-refractivity contribution in [1.82, 2.24) is 15.2 Å². The van der Waals surface area contributed by atoms with Crippen molar-refractivity contribution in [2.75, 3.05) is 14.2 Å². The van der Waals surface area contributed by atoms with Gasteiger partial charge in [-0.2, -0.15) is 0 Å². The molecule has 0 spiro atoms. The van der Waals surface area contributed by atoms with E-state index in [1.807, 2.05) is 6.92 Å². The Balaban J connectivity index is 2.67. The largest absolute Gasteiger partial charge is 0.362 e. The Bertz CT molecular complexity index is 404. The van der Waals surface area contributed by atoms with Crippen LogP contribution in [0.2, 0.25) is 0 Å². The van der Waals surface area contributed by atoms with E-state index in [1.54, 1.807) is 18.3 Å². The van der Waals surface area contributed by atoms with E-state index in [2.05, 4.69) is 10.3 Å². The number of carbonyl (C=O) groups is 2. The van der Waals surface area contributed by atoms with E-state index in [0.717, 1.165) is 4.90 Å². The Kier molecular flexibility index (Phi) is 5.26. The summed E-state index contributed by atoms with van der Waals surface area (Å²) in [6.45, 7) is 1.87. The smallest absolute Gasteiger partial charge is 0.326 e. The number of hydrogen-bond donors (Lipinski definition) is 1. The van der Waals surface area contributed by atoms with Crippen molar-refractivity contribution < 1.29 is 14.3 Å². The second-order valence-electron chi connectivity index (χ2n) is 3.69. The summed E-state index contributed by atoms with van der Waals surface area (Å²) in [5.74, 6) is -0.411. The minimum absolute atomic E-state index is 0.362. The van der Waals surface area contributed by atoms with Gasteiger partial charge in [0.25, 0.3) is 5.91 Å². The number of pyridine rings is 1. The molecule has 3 amide bonds. The molecule has 0 radical (unpaired) electrons. The van der Waals surface area contributed by atoms with Gasteiger partial charge in [0.2, 0.25) is 0 Å². The van der Waals surface area contributed by atoms with Gasteiger partial charge in [0, 0.05) is 26.6 Å². The van der Waals surface area contributed by atoms with Crippen LogP contribution in [-0.4, -0.2) is 42.2 Å². The molecule has 1 atom stereocenters. The summed E-state index contributed by atoms with van der Waals surface area (Å²) in [4.78, 5) is 28.5. The lowest BCUT2D eigenvalue weighted by Crippen LogP contribution is -2.46. The number of nitrogens with zero attached hydrogens (tertiary/aromatic N) is 2. The zero-order valence-electron chi connectivity index (χ0n) is 10.7. The third-order valence-corrected chi connectivity index (χ3v) is 2.46. The number of imide groups is 1. The third-order valence-electron chi connectivity index (χ3n) is 2.46. The Morgan fingerprint density at radius 2 is 2.28 bits per heavy atom. The van der Waals surface area contributed by atoms with E-state index >= 15 is 0 Å². The number of hydrogen-bond acceptors (Lipinski definition) is 4. The minimum Gasteiger partial charge on any atom is -0.362 e. The lowest BCUT2D eigenvalue weighted by molar-refractivity contribution is 0.0668. The maximum atomic E-state index is 11.9. The Morgan fingerprint density at radius 3 is 2.78 bits per heavy atom. The number of urea groups is 1. The van der Waals surface area contributed by atoms with Crippen LogP contribution in [0.5, 0.6) is 0 Å². The Morgan fingerprint density at radius 1 is 1.56 bits per heavy atom. The number of nitrogens with one attached hydrogen (secondary N) is 1. The number of rotatable bonds is 4. The second-order valence-corrected chi connectivity index (χ2v) is 3.69. The average Bonchev–Trinajstić information content (AvgIpc) is 2.43. The highest BCUT2D eigenvalue weighted by Gasteiger charge is 2.20. The molecule has 0 bridgehead atoms. The van der Waals surface area contributed by atoms with Gasteiger partial charge in [0.1, 0.15) is 6.23 Å². The van der Waals surface area contributed by atoms with Gasteiger partial charge >= 0.3 is 6.03 Å². The predicted molar refractivity (Wildman–Crippen MR) is 66.0 cm³/mol. The lowest BCUT2D eigenvalue weighted by Gasteiger charge is -2.20. The number of aromatic nitrogens is 1. The van der Waals surface area contributed by atoms with Crippen molar-refractivity contribution in [2.24, 2.45) is 0 Å². The summed E-state index contributed by atoms with van der Waals surface area (Å²) in [6.07, 6.45) is 3.20. The second kappa shape index (κ2) is 6.70. The van der Waals surface area contributed by atoms with Gasteiger partial charge in [-0.3, -0.25) is 14.7 Å². The fourth-order valence-corrected chi connectivity index (χ4v) is 1.34. The lowest BCUT2D eigenvalue weighted by atomic mass is 10.2. The number of carbonyl (C=O) groups excluding carboxylic acids is 2. The Labute approximate surface area is 106 Å². The fourth-order valence-electron chi connectivity index (χ4n) is 1.34. The van der Waals surface area contributed by atoms with Gasteiger partial charge in [-0.25, -0.2) is 4.79 Å². The van der Waals surface area contributed by atoms with Crippen LogP contribution in [0.25, 0.3) is 0 Å². The SMILES string of the molecule is CCC(NC(=O)N(C)C(=O)c1cccnc1)OC. The summed E-state index contributed by atoms with van der Waals surface area (Å²) >= 11 is 0. The average molecular weight is 251 g/mol. The van der Waals surface area contributed by atoms with Crippen LogP contribution in [0.1, 0.15) is 23.7 Å². The molecule has 0 saturated heterocycles. The van der Waals surface area contributed by atoms with Crippen molar-refractivity contribution in [3.8, 4) is 0 Å².